The van der Waals surface area contributed by atoms with Crippen LogP contribution in [-0.4, -0.2) is 48.6 Å². The maximum Gasteiger partial charge on any atom is 0.295 e. The normalized spacial score (nSPS) is 16.4. The third-order valence-electron chi connectivity index (χ3n) is 6.71. The number of ketones is 1. The number of aliphatic hydroxyl groups is 1. The van der Waals surface area contributed by atoms with Crippen molar-refractivity contribution >= 4 is 17.4 Å². The minimum atomic E-state index is -0.838. The minimum Gasteiger partial charge on any atom is -0.507 e. The molecule has 4 rings (SSSR count). The zero-order valence-corrected chi connectivity index (χ0v) is 22.8. The van der Waals surface area contributed by atoms with Gasteiger partial charge < -0.3 is 24.2 Å². The maximum atomic E-state index is 13.2. The third-order valence-corrected chi connectivity index (χ3v) is 6.71. The van der Waals surface area contributed by atoms with Crippen LogP contribution in [0.25, 0.3) is 5.76 Å². The summed E-state index contributed by atoms with van der Waals surface area (Å²) in [5.74, 6) is -0.906. The number of unbranched alkanes of at least 4 members (excludes halogenated alkanes) is 2. The van der Waals surface area contributed by atoms with Gasteiger partial charge in [-0.15, -0.1) is 0 Å². The van der Waals surface area contributed by atoms with Crippen LogP contribution in [-0.2, 0) is 20.9 Å². The maximum absolute atomic E-state index is 13.2. The highest BCUT2D eigenvalue weighted by atomic mass is 19.1. The molecule has 1 saturated heterocycles. The summed E-state index contributed by atoms with van der Waals surface area (Å²) in [5.41, 5.74) is 1.79. The highest BCUT2D eigenvalue weighted by Gasteiger charge is 2.46. The molecule has 7 nitrogen and oxygen atoms in total. The van der Waals surface area contributed by atoms with Gasteiger partial charge in [-0.2, -0.15) is 0 Å². The number of benzene rings is 3. The van der Waals surface area contributed by atoms with Gasteiger partial charge in [0.15, 0.2) is 0 Å². The fourth-order valence-electron chi connectivity index (χ4n) is 4.58. The lowest BCUT2D eigenvalue weighted by Gasteiger charge is -2.25. The van der Waals surface area contributed by atoms with Gasteiger partial charge in [0, 0.05) is 19.2 Å². The molecule has 1 amide bonds. The third kappa shape index (κ3) is 6.87. The number of likely N-dealkylation sites (tertiary alicyclic amines) is 1. The van der Waals surface area contributed by atoms with E-state index in [-0.39, 0.29) is 36.9 Å². The van der Waals surface area contributed by atoms with Gasteiger partial charge in [0.05, 0.1) is 24.8 Å². The summed E-state index contributed by atoms with van der Waals surface area (Å²) in [7, 11) is 1.52. The van der Waals surface area contributed by atoms with E-state index in [0.29, 0.717) is 29.2 Å². The molecule has 1 N–H and O–H groups in total. The van der Waals surface area contributed by atoms with E-state index in [0.717, 1.165) is 24.8 Å². The summed E-state index contributed by atoms with van der Waals surface area (Å²) in [6.07, 6.45) is 3.14. The fourth-order valence-corrected chi connectivity index (χ4v) is 4.58. The number of Topliss-reactive ketones (excluding diaryl/α,β-unsaturated/α-hetero) is 1. The van der Waals surface area contributed by atoms with Gasteiger partial charge in [0.2, 0.25) is 0 Å². The first kappa shape index (κ1) is 28.8. The van der Waals surface area contributed by atoms with E-state index >= 15 is 0 Å². The number of nitrogens with zero attached hydrogens (tertiary/aromatic N) is 1. The van der Waals surface area contributed by atoms with Crippen LogP contribution in [0.5, 0.6) is 11.5 Å². The number of carbonyl (C=O) groups excluding carboxylic acids is 2. The van der Waals surface area contributed by atoms with Crippen LogP contribution in [0.3, 0.4) is 0 Å². The summed E-state index contributed by atoms with van der Waals surface area (Å²) < 4.78 is 30.1. The number of methoxy groups -OCH3 is 1. The molecule has 1 heterocycles. The van der Waals surface area contributed by atoms with E-state index in [2.05, 4.69) is 6.92 Å². The van der Waals surface area contributed by atoms with Gasteiger partial charge in [0.1, 0.15) is 29.7 Å². The zero-order chi connectivity index (χ0) is 28.5. The number of amides is 1. The Morgan fingerprint density at radius 1 is 0.925 bits per heavy atom. The number of halogens is 1. The second-order valence-electron chi connectivity index (χ2n) is 9.55. The number of carbonyl (C=O) groups is 2. The molecule has 0 saturated carbocycles. The Hall–Kier alpha value is -4.17. The van der Waals surface area contributed by atoms with Crippen molar-refractivity contribution in [2.45, 2.75) is 38.8 Å². The molecule has 1 aliphatic rings. The number of hydrogen-bond donors (Lipinski definition) is 1. The van der Waals surface area contributed by atoms with Gasteiger partial charge in [0.25, 0.3) is 11.7 Å². The van der Waals surface area contributed by atoms with Crippen molar-refractivity contribution in [3.8, 4) is 11.5 Å². The smallest absolute Gasteiger partial charge is 0.295 e. The monoisotopic (exact) mass is 547 g/mol. The topological polar surface area (TPSA) is 85.3 Å². The van der Waals surface area contributed by atoms with Crippen LogP contribution in [0, 0.1) is 5.82 Å². The highest BCUT2D eigenvalue weighted by Crippen LogP contribution is 2.40. The van der Waals surface area contributed by atoms with Crippen LogP contribution in [0.4, 0.5) is 4.39 Å². The first-order valence-electron chi connectivity index (χ1n) is 13.4. The van der Waals surface area contributed by atoms with Gasteiger partial charge in [-0.05, 0) is 66.1 Å². The van der Waals surface area contributed by atoms with Crippen molar-refractivity contribution in [3.63, 3.8) is 0 Å². The van der Waals surface area contributed by atoms with Crippen LogP contribution in [0.1, 0.15) is 48.9 Å². The van der Waals surface area contributed by atoms with E-state index in [9.17, 15) is 19.1 Å². The number of hydrogen-bond acceptors (Lipinski definition) is 6. The van der Waals surface area contributed by atoms with Crippen molar-refractivity contribution < 1.29 is 33.3 Å². The molecule has 210 valence electrons. The highest BCUT2D eigenvalue weighted by molar-refractivity contribution is 6.46. The molecule has 0 spiro atoms. The van der Waals surface area contributed by atoms with Crippen LogP contribution in [0.2, 0.25) is 0 Å². The van der Waals surface area contributed by atoms with Crippen molar-refractivity contribution in [1.82, 2.24) is 4.90 Å². The first-order chi connectivity index (χ1) is 19.4. The van der Waals surface area contributed by atoms with E-state index in [1.807, 2.05) is 0 Å². The molecule has 0 radical (unpaired) electrons. The molecule has 1 fully saturated rings. The van der Waals surface area contributed by atoms with Crippen LogP contribution >= 0.6 is 0 Å². The van der Waals surface area contributed by atoms with E-state index < -0.39 is 17.7 Å². The van der Waals surface area contributed by atoms with Gasteiger partial charge in [-0.3, -0.25) is 9.59 Å². The van der Waals surface area contributed by atoms with Crippen molar-refractivity contribution in [2.24, 2.45) is 0 Å². The van der Waals surface area contributed by atoms with E-state index in [1.165, 1.54) is 24.1 Å². The number of rotatable bonds is 13. The summed E-state index contributed by atoms with van der Waals surface area (Å²) in [6, 6.07) is 19.0. The second-order valence-corrected chi connectivity index (χ2v) is 9.55. The lowest BCUT2D eigenvalue weighted by atomic mass is 9.95. The van der Waals surface area contributed by atoms with Crippen LogP contribution < -0.4 is 9.47 Å². The Balaban J connectivity index is 1.63. The zero-order valence-electron chi connectivity index (χ0n) is 22.8. The van der Waals surface area contributed by atoms with E-state index in [1.54, 1.807) is 60.7 Å². The Kier molecular flexibility index (Phi) is 9.91. The van der Waals surface area contributed by atoms with E-state index in [4.69, 9.17) is 14.2 Å². The molecule has 40 heavy (non-hydrogen) atoms. The molecular formula is C32H34FNO6. The summed E-state index contributed by atoms with van der Waals surface area (Å²) >= 11 is 0. The standard InChI is InChI=1S/C32H34FNO6/c1-3-4-5-18-39-26-15-11-23(12-16-26)30(35)28-29(34(17-19-38-2)32(37)31(28)36)24-7-6-8-27(20-24)40-21-22-9-13-25(33)14-10-22/h6-16,20,29,35H,3-5,17-19,21H2,1-2H3/b30-28-. The molecule has 3 aromatic carbocycles. The fraction of sp³-hybridized carbons (Fsp3) is 0.312. The molecule has 1 unspecified atom stereocenters. The number of ether oxygens (including phenoxy) is 3. The summed E-state index contributed by atoms with van der Waals surface area (Å²) in [6.45, 7) is 3.31. The second kappa shape index (κ2) is 13.8. The Labute approximate surface area is 233 Å². The molecule has 3 aromatic rings. The lowest BCUT2D eigenvalue weighted by Crippen LogP contribution is -2.32. The van der Waals surface area contributed by atoms with Gasteiger partial charge in [-0.25, -0.2) is 4.39 Å². The Bertz CT molecular complexity index is 1340. The molecule has 0 bridgehead atoms. The molecule has 1 aliphatic heterocycles. The summed E-state index contributed by atoms with van der Waals surface area (Å²) in [4.78, 5) is 27.7. The average molecular weight is 548 g/mol. The Morgan fingerprint density at radius 3 is 2.38 bits per heavy atom. The molecule has 8 heteroatoms. The van der Waals surface area contributed by atoms with Crippen molar-refractivity contribution in [2.75, 3.05) is 26.9 Å². The molecule has 1 atom stereocenters. The molecule has 0 aromatic heterocycles. The first-order valence-corrected chi connectivity index (χ1v) is 13.4. The number of aliphatic hydroxyl groups excluding tert-OH is 1. The van der Waals surface area contributed by atoms with Crippen molar-refractivity contribution in [1.29, 1.82) is 0 Å². The summed E-state index contributed by atoms with van der Waals surface area (Å²) in [5, 5.41) is 11.3. The predicted molar refractivity (Wildman–Crippen MR) is 150 cm³/mol. The Morgan fingerprint density at radius 2 is 1.68 bits per heavy atom. The lowest BCUT2D eigenvalue weighted by molar-refractivity contribution is -0.140. The largest absolute Gasteiger partial charge is 0.507 e. The van der Waals surface area contributed by atoms with Crippen molar-refractivity contribution in [3.05, 3.63) is 101 Å². The average Bonchev–Trinajstić information content (AvgIpc) is 3.23. The quantitative estimate of drug-likeness (QED) is 0.122. The molecular weight excluding hydrogens is 513 g/mol. The minimum absolute atomic E-state index is 0.00611. The van der Waals surface area contributed by atoms with Crippen LogP contribution in [0.15, 0.2) is 78.4 Å². The van der Waals surface area contributed by atoms with Gasteiger partial charge >= 0.3 is 0 Å². The predicted octanol–water partition coefficient (Wildman–Crippen LogP) is 6.04. The SMILES string of the molecule is CCCCCOc1ccc(/C(O)=C2/C(=O)C(=O)N(CCOC)C2c2cccc(OCc3ccc(F)cc3)c2)cc1. The van der Waals surface area contributed by atoms with Gasteiger partial charge in [-0.1, -0.05) is 44.0 Å². The molecule has 0 aliphatic carbocycles.